The molecule has 0 spiro atoms. The van der Waals surface area contributed by atoms with E-state index in [4.69, 9.17) is 14.9 Å². The van der Waals surface area contributed by atoms with Gasteiger partial charge < -0.3 is 14.9 Å². The van der Waals surface area contributed by atoms with Gasteiger partial charge in [0, 0.05) is 19.1 Å². The smallest absolute Gasteiger partial charge is 0.129 e. The molecule has 66 valence electrons. The zero-order chi connectivity index (χ0) is 8.55. The van der Waals surface area contributed by atoms with Crippen LogP contribution in [0.3, 0.4) is 0 Å². The third kappa shape index (κ3) is 1.38. The fourth-order valence-corrected chi connectivity index (χ4v) is 1.36. The Morgan fingerprint density at radius 1 is 1.67 bits per heavy atom. The van der Waals surface area contributed by atoms with Crippen molar-refractivity contribution in [3.63, 3.8) is 0 Å². The molecule has 1 aromatic heterocycles. The van der Waals surface area contributed by atoms with Gasteiger partial charge in [0.25, 0.3) is 0 Å². The molecule has 1 heterocycles. The second-order valence-electron chi connectivity index (χ2n) is 3.24. The van der Waals surface area contributed by atoms with Crippen molar-refractivity contribution in [2.45, 2.75) is 25.0 Å². The lowest BCUT2D eigenvalue weighted by atomic mass is 10.3. The Morgan fingerprint density at radius 2 is 2.42 bits per heavy atom. The van der Waals surface area contributed by atoms with E-state index in [0.717, 1.165) is 17.9 Å². The van der Waals surface area contributed by atoms with Crippen molar-refractivity contribution < 1.29 is 9.15 Å². The van der Waals surface area contributed by atoms with Crippen LogP contribution in [0.15, 0.2) is 16.5 Å². The minimum absolute atomic E-state index is 0.312. The topological polar surface area (TPSA) is 48.4 Å². The van der Waals surface area contributed by atoms with Gasteiger partial charge in [0.2, 0.25) is 0 Å². The predicted molar refractivity (Wildman–Crippen MR) is 44.8 cm³/mol. The number of hydrogen-bond acceptors (Lipinski definition) is 3. The van der Waals surface area contributed by atoms with Gasteiger partial charge in [-0.3, -0.25) is 0 Å². The summed E-state index contributed by atoms with van der Waals surface area (Å²) in [6, 6.07) is 4.25. The van der Waals surface area contributed by atoms with Crippen LogP contribution in [-0.4, -0.2) is 13.2 Å². The van der Waals surface area contributed by atoms with E-state index >= 15 is 0 Å². The van der Waals surface area contributed by atoms with E-state index in [9.17, 15) is 0 Å². The highest BCUT2D eigenvalue weighted by Gasteiger charge is 2.37. The van der Waals surface area contributed by atoms with Gasteiger partial charge in [0.1, 0.15) is 18.1 Å². The fourth-order valence-electron chi connectivity index (χ4n) is 1.36. The van der Waals surface area contributed by atoms with Crippen molar-refractivity contribution in [1.29, 1.82) is 0 Å². The lowest BCUT2D eigenvalue weighted by Crippen LogP contribution is -2.00. The average molecular weight is 167 g/mol. The Morgan fingerprint density at radius 3 is 3.00 bits per heavy atom. The molecule has 1 aromatic rings. The summed E-state index contributed by atoms with van der Waals surface area (Å²) in [6.45, 7) is 0.544. The predicted octanol–water partition coefficient (Wildman–Crippen LogP) is 1.24. The van der Waals surface area contributed by atoms with E-state index in [1.54, 1.807) is 7.11 Å². The van der Waals surface area contributed by atoms with Gasteiger partial charge in [-0.1, -0.05) is 0 Å². The van der Waals surface area contributed by atoms with E-state index in [-0.39, 0.29) is 0 Å². The summed E-state index contributed by atoms with van der Waals surface area (Å²) in [6.07, 6.45) is 1.06. The van der Waals surface area contributed by atoms with E-state index in [1.165, 1.54) is 0 Å². The van der Waals surface area contributed by atoms with Gasteiger partial charge in [-0.2, -0.15) is 0 Å². The number of methoxy groups -OCH3 is 1. The Kier molecular flexibility index (Phi) is 1.90. The molecule has 0 bridgehead atoms. The molecular formula is C9H13NO2. The maximum Gasteiger partial charge on any atom is 0.129 e. The molecule has 1 aliphatic rings. The van der Waals surface area contributed by atoms with Crippen LogP contribution in [0.4, 0.5) is 0 Å². The van der Waals surface area contributed by atoms with Crippen LogP contribution in [-0.2, 0) is 11.3 Å². The van der Waals surface area contributed by atoms with Gasteiger partial charge >= 0.3 is 0 Å². The molecule has 0 aromatic carbocycles. The van der Waals surface area contributed by atoms with Gasteiger partial charge in [-0.15, -0.1) is 0 Å². The Bertz CT molecular complexity index is 269. The van der Waals surface area contributed by atoms with Crippen LogP contribution in [0.2, 0.25) is 0 Å². The van der Waals surface area contributed by atoms with Crippen molar-refractivity contribution in [1.82, 2.24) is 0 Å². The van der Waals surface area contributed by atoms with Crippen molar-refractivity contribution in [2.75, 3.05) is 7.11 Å². The van der Waals surface area contributed by atoms with Gasteiger partial charge in [0.05, 0.1) is 0 Å². The lowest BCUT2D eigenvalue weighted by molar-refractivity contribution is 0.162. The van der Waals surface area contributed by atoms with Crippen LogP contribution in [0.25, 0.3) is 0 Å². The first-order valence-corrected chi connectivity index (χ1v) is 4.14. The van der Waals surface area contributed by atoms with E-state index in [2.05, 4.69) is 0 Å². The molecule has 2 N–H and O–H groups in total. The maximum atomic E-state index is 5.69. The lowest BCUT2D eigenvalue weighted by Gasteiger charge is -1.93. The number of rotatable bonds is 3. The monoisotopic (exact) mass is 167 g/mol. The van der Waals surface area contributed by atoms with Crippen LogP contribution >= 0.6 is 0 Å². The molecule has 3 heteroatoms. The maximum absolute atomic E-state index is 5.69. The van der Waals surface area contributed by atoms with E-state index < -0.39 is 0 Å². The molecule has 1 aliphatic carbocycles. The third-order valence-electron chi connectivity index (χ3n) is 2.17. The largest absolute Gasteiger partial charge is 0.463 e. The standard InChI is InChI=1S/C9H13NO2/c1-11-5-6-2-3-9(12-6)7-4-8(7)10/h2-3,7-8H,4-5,10H2,1H3/t7-,8-/m1/s1. The Balaban J connectivity index is 2.04. The van der Waals surface area contributed by atoms with E-state index in [1.807, 2.05) is 12.1 Å². The zero-order valence-corrected chi connectivity index (χ0v) is 7.12. The number of nitrogens with two attached hydrogens (primary N) is 1. The normalized spacial score (nSPS) is 27.5. The number of hydrogen-bond donors (Lipinski definition) is 1. The van der Waals surface area contributed by atoms with Crippen molar-refractivity contribution in [3.8, 4) is 0 Å². The summed E-state index contributed by atoms with van der Waals surface area (Å²) in [7, 11) is 1.66. The summed E-state index contributed by atoms with van der Waals surface area (Å²) >= 11 is 0. The summed E-state index contributed by atoms with van der Waals surface area (Å²) in [4.78, 5) is 0. The molecule has 1 saturated carbocycles. The minimum atomic E-state index is 0.312. The Hall–Kier alpha value is -0.800. The first kappa shape index (κ1) is 7.83. The second-order valence-corrected chi connectivity index (χ2v) is 3.24. The highest BCUT2D eigenvalue weighted by atomic mass is 16.5. The molecule has 2 rings (SSSR count). The SMILES string of the molecule is COCc1ccc([C@@H]2C[C@H]2N)o1. The zero-order valence-electron chi connectivity index (χ0n) is 7.12. The van der Waals surface area contributed by atoms with Gasteiger partial charge in [0.15, 0.2) is 0 Å². The van der Waals surface area contributed by atoms with Crippen molar-refractivity contribution in [2.24, 2.45) is 5.73 Å². The minimum Gasteiger partial charge on any atom is -0.463 e. The van der Waals surface area contributed by atoms with Crippen molar-refractivity contribution >= 4 is 0 Å². The quantitative estimate of drug-likeness (QED) is 0.736. The average Bonchev–Trinajstić information content (AvgIpc) is 2.62. The first-order valence-electron chi connectivity index (χ1n) is 4.14. The molecule has 12 heavy (non-hydrogen) atoms. The Labute approximate surface area is 71.5 Å². The molecule has 0 unspecified atom stereocenters. The summed E-state index contributed by atoms with van der Waals surface area (Å²) < 4.78 is 10.5. The molecule has 3 nitrogen and oxygen atoms in total. The van der Waals surface area contributed by atoms with Crippen molar-refractivity contribution in [3.05, 3.63) is 23.7 Å². The molecule has 0 aliphatic heterocycles. The second kappa shape index (κ2) is 2.92. The number of furan rings is 1. The molecule has 1 fully saturated rings. The molecular weight excluding hydrogens is 154 g/mol. The van der Waals surface area contributed by atoms with Crippen LogP contribution in [0.1, 0.15) is 23.9 Å². The van der Waals surface area contributed by atoms with E-state index in [0.29, 0.717) is 18.6 Å². The van der Waals surface area contributed by atoms with Crippen LogP contribution in [0, 0.1) is 0 Å². The third-order valence-corrected chi connectivity index (χ3v) is 2.17. The fraction of sp³-hybridized carbons (Fsp3) is 0.556. The summed E-state index contributed by atoms with van der Waals surface area (Å²) in [5.74, 6) is 2.34. The molecule has 0 saturated heterocycles. The highest BCUT2D eigenvalue weighted by molar-refractivity contribution is 5.19. The molecule has 0 radical (unpaired) electrons. The summed E-state index contributed by atoms with van der Waals surface area (Å²) in [5.41, 5.74) is 5.69. The first-order chi connectivity index (χ1) is 5.81. The van der Waals surface area contributed by atoms with Crippen LogP contribution < -0.4 is 5.73 Å². The van der Waals surface area contributed by atoms with Gasteiger partial charge in [-0.05, 0) is 18.6 Å². The van der Waals surface area contributed by atoms with Gasteiger partial charge in [-0.25, -0.2) is 0 Å². The highest BCUT2D eigenvalue weighted by Crippen LogP contribution is 2.39. The van der Waals surface area contributed by atoms with Crippen LogP contribution in [0.5, 0.6) is 0 Å². The molecule has 0 amide bonds. The molecule has 2 atom stereocenters. The number of ether oxygens (including phenoxy) is 1. The summed E-state index contributed by atoms with van der Waals surface area (Å²) in [5, 5.41) is 0.